The molecule has 0 saturated carbocycles. The molecule has 0 aliphatic rings. The van der Waals surface area contributed by atoms with Crippen molar-refractivity contribution in [3.63, 3.8) is 0 Å². The fourth-order valence-corrected chi connectivity index (χ4v) is 3.13. The van der Waals surface area contributed by atoms with E-state index in [9.17, 15) is 4.79 Å². The zero-order valence-corrected chi connectivity index (χ0v) is 18.4. The van der Waals surface area contributed by atoms with Crippen molar-refractivity contribution in [2.45, 2.75) is 6.42 Å². The standard InChI is InChI=1S/C23H29N5O3/c1-27(2)13-6-14-31-22-10-9-18(16-20(22)21-11-12-24-28(21)3)26-23(29)25-17-7-5-8-19(15-17)30-4/h5,7-12,15-16H,6,13-14H2,1-4H3,(H2,25,26,29). The first-order valence-electron chi connectivity index (χ1n) is 10.1. The number of aryl methyl sites for hydroxylation is 1. The number of nitrogens with zero attached hydrogens (tertiary/aromatic N) is 3. The molecule has 3 rings (SSSR count). The molecule has 8 heteroatoms. The molecule has 0 atom stereocenters. The number of rotatable bonds is 9. The first-order chi connectivity index (χ1) is 15.0. The Morgan fingerprint density at radius 3 is 2.55 bits per heavy atom. The lowest BCUT2D eigenvalue weighted by molar-refractivity contribution is 0.262. The lowest BCUT2D eigenvalue weighted by Gasteiger charge is -2.15. The number of hydrogen-bond acceptors (Lipinski definition) is 5. The molecule has 0 saturated heterocycles. The summed E-state index contributed by atoms with van der Waals surface area (Å²) in [5.74, 6) is 1.42. The number of nitrogens with one attached hydrogen (secondary N) is 2. The van der Waals surface area contributed by atoms with Crippen LogP contribution < -0.4 is 20.1 Å². The van der Waals surface area contributed by atoms with Crippen molar-refractivity contribution in [3.05, 3.63) is 54.7 Å². The minimum atomic E-state index is -0.344. The number of hydrogen-bond donors (Lipinski definition) is 2. The molecule has 2 aromatic carbocycles. The Morgan fingerprint density at radius 2 is 1.87 bits per heavy atom. The molecule has 164 valence electrons. The Labute approximate surface area is 182 Å². The first-order valence-corrected chi connectivity index (χ1v) is 10.1. The van der Waals surface area contributed by atoms with E-state index >= 15 is 0 Å². The zero-order valence-electron chi connectivity index (χ0n) is 18.4. The fraction of sp³-hybridized carbons (Fsp3) is 0.304. The van der Waals surface area contributed by atoms with Crippen LogP contribution in [0, 0.1) is 0 Å². The summed E-state index contributed by atoms with van der Waals surface area (Å²) in [5.41, 5.74) is 3.06. The summed E-state index contributed by atoms with van der Waals surface area (Å²) >= 11 is 0. The molecular weight excluding hydrogens is 394 g/mol. The Kier molecular flexibility index (Phi) is 7.50. The first kappa shape index (κ1) is 22.2. The van der Waals surface area contributed by atoms with Gasteiger partial charge in [0.2, 0.25) is 0 Å². The second kappa shape index (κ2) is 10.5. The van der Waals surface area contributed by atoms with Crippen LogP contribution in [0.25, 0.3) is 11.3 Å². The van der Waals surface area contributed by atoms with Gasteiger partial charge in [-0.25, -0.2) is 4.79 Å². The molecule has 2 N–H and O–H groups in total. The van der Waals surface area contributed by atoms with Gasteiger partial charge in [0.05, 0.1) is 19.4 Å². The van der Waals surface area contributed by atoms with Gasteiger partial charge in [-0.3, -0.25) is 4.68 Å². The summed E-state index contributed by atoms with van der Waals surface area (Å²) in [6.07, 6.45) is 2.65. The van der Waals surface area contributed by atoms with Gasteiger partial charge < -0.3 is 25.0 Å². The molecule has 31 heavy (non-hydrogen) atoms. The maximum Gasteiger partial charge on any atom is 0.323 e. The highest BCUT2D eigenvalue weighted by Gasteiger charge is 2.13. The number of benzene rings is 2. The second-order valence-electron chi connectivity index (χ2n) is 7.37. The zero-order chi connectivity index (χ0) is 22.2. The van der Waals surface area contributed by atoms with Crippen LogP contribution in [-0.4, -0.2) is 55.1 Å². The maximum atomic E-state index is 12.5. The van der Waals surface area contributed by atoms with Gasteiger partial charge in [0.25, 0.3) is 0 Å². The highest BCUT2D eigenvalue weighted by Crippen LogP contribution is 2.32. The quantitative estimate of drug-likeness (QED) is 0.507. The Morgan fingerprint density at radius 1 is 1.10 bits per heavy atom. The monoisotopic (exact) mass is 423 g/mol. The lowest BCUT2D eigenvalue weighted by Crippen LogP contribution is -2.19. The minimum absolute atomic E-state index is 0.344. The molecule has 0 radical (unpaired) electrons. The molecule has 2 amide bonds. The van der Waals surface area contributed by atoms with Crippen molar-refractivity contribution >= 4 is 17.4 Å². The van der Waals surface area contributed by atoms with Gasteiger partial charge in [0.15, 0.2) is 0 Å². The lowest BCUT2D eigenvalue weighted by atomic mass is 10.1. The largest absolute Gasteiger partial charge is 0.497 e. The van der Waals surface area contributed by atoms with Crippen molar-refractivity contribution in [3.8, 4) is 22.8 Å². The highest BCUT2D eigenvalue weighted by atomic mass is 16.5. The van der Waals surface area contributed by atoms with E-state index in [1.165, 1.54) is 0 Å². The summed E-state index contributed by atoms with van der Waals surface area (Å²) in [4.78, 5) is 14.6. The average Bonchev–Trinajstić information content (AvgIpc) is 3.17. The van der Waals surface area contributed by atoms with Crippen molar-refractivity contribution in [2.24, 2.45) is 7.05 Å². The van der Waals surface area contributed by atoms with E-state index in [2.05, 4.69) is 20.6 Å². The highest BCUT2D eigenvalue weighted by molar-refractivity contribution is 6.00. The Hall–Kier alpha value is -3.52. The molecule has 0 fully saturated rings. The number of aromatic nitrogens is 2. The van der Waals surface area contributed by atoms with Gasteiger partial charge in [0, 0.05) is 42.8 Å². The van der Waals surface area contributed by atoms with Gasteiger partial charge in [-0.2, -0.15) is 5.10 Å². The van der Waals surface area contributed by atoms with Crippen molar-refractivity contribution in [2.75, 3.05) is 45.0 Å². The normalized spacial score (nSPS) is 10.7. The fourth-order valence-electron chi connectivity index (χ4n) is 3.13. The third kappa shape index (κ3) is 6.23. The van der Waals surface area contributed by atoms with Crippen LogP contribution in [-0.2, 0) is 7.05 Å². The SMILES string of the molecule is COc1cccc(NC(=O)Nc2ccc(OCCCN(C)C)c(-c3ccnn3C)c2)c1. The summed E-state index contributed by atoms with van der Waals surface area (Å²) < 4.78 is 13.0. The van der Waals surface area contributed by atoms with Crippen molar-refractivity contribution in [1.29, 1.82) is 0 Å². The summed E-state index contributed by atoms with van der Waals surface area (Å²) in [6.45, 7) is 1.55. The Balaban J connectivity index is 1.74. The molecule has 0 aliphatic carbocycles. The molecule has 0 unspecified atom stereocenters. The van der Waals surface area contributed by atoms with Crippen LogP contribution in [0.1, 0.15) is 6.42 Å². The second-order valence-corrected chi connectivity index (χ2v) is 7.37. The average molecular weight is 424 g/mol. The van der Waals surface area contributed by atoms with Crippen LogP contribution in [0.4, 0.5) is 16.2 Å². The number of carbonyl (C=O) groups excluding carboxylic acids is 1. The molecule has 1 aromatic heterocycles. The molecule has 0 aliphatic heterocycles. The van der Waals surface area contributed by atoms with E-state index in [1.54, 1.807) is 30.1 Å². The van der Waals surface area contributed by atoms with Crippen LogP contribution in [0.2, 0.25) is 0 Å². The maximum absolute atomic E-state index is 12.5. The summed E-state index contributed by atoms with van der Waals surface area (Å²) in [6, 6.07) is 14.4. The van der Waals surface area contributed by atoms with Crippen LogP contribution in [0.15, 0.2) is 54.7 Å². The van der Waals surface area contributed by atoms with Crippen molar-refractivity contribution < 1.29 is 14.3 Å². The van der Waals surface area contributed by atoms with E-state index in [0.717, 1.165) is 30.0 Å². The van der Waals surface area contributed by atoms with Gasteiger partial charge in [-0.1, -0.05) is 6.07 Å². The van der Waals surface area contributed by atoms with Gasteiger partial charge in [-0.15, -0.1) is 0 Å². The van der Waals surface area contributed by atoms with Crippen LogP contribution in [0.3, 0.4) is 0 Å². The molecule has 3 aromatic rings. The summed E-state index contributed by atoms with van der Waals surface area (Å²) in [5, 5.41) is 9.95. The predicted octanol–water partition coefficient (Wildman–Crippen LogP) is 4.07. The summed E-state index contributed by atoms with van der Waals surface area (Å²) in [7, 11) is 7.54. The van der Waals surface area contributed by atoms with E-state index in [-0.39, 0.29) is 6.03 Å². The molecule has 8 nitrogen and oxygen atoms in total. The molecule has 1 heterocycles. The number of methoxy groups -OCH3 is 1. The van der Waals surface area contributed by atoms with E-state index in [4.69, 9.17) is 9.47 Å². The van der Waals surface area contributed by atoms with E-state index in [1.807, 2.05) is 57.5 Å². The topological polar surface area (TPSA) is 80.7 Å². The van der Waals surface area contributed by atoms with E-state index in [0.29, 0.717) is 23.7 Å². The van der Waals surface area contributed by atoms with Gasteiger partial charge in [-0.05, 0) is 56.9 Å². The third-order valence-corrected chi connectivity index (χ3v) is 4.67. The predicted molar refractivity (Wildman–Crippen MR) is 123 cm³/mol. The van der Waals surface area contributed by atoms with Gasteiger partial charge >= 0.3 is 6.03 Å². The molecule has 0 spiro atoms. The molecular formula is C23H29N5O3. The molecule has 0 bridgehead atoms. The third-order valence-electron chi connectivity index (χ3n) is 4.67. The smallest absolute Gasteiger partial charge is 0.323 e. The van der Waals surface area contributed by atoms with Crippen LogP contribution >= 0.6 is 0 Å². The van der Waals surface area contributed by atoms with E-state index < -0.39 is 0 Å². The number of carbonyl (C=O) groups is 1. The number of anilines is 2. The minimum Gasteiger partial charge on any atom is -0.497 e. The number of urea groups is 1. The number of ether oxygens (including phenoxy) is 2. The van der Waals surface area contributed by atoms with Gasteiger partial charge in [0.1, 0.15) is 11.5 Å². The van der Waals surface area contributed by atoms with Crippen LogP contribution in [0.5, 0.6) is 11.5 Å². The Bertz CT molecular complexity index is 1020. The number of amides is 2. The van der Waals surface area contributed by atoms with Crippen molar-refractivity contribution in [1.82, 2.24) is 14.7 Å².